The standard InChI is InChI=1S/C23H18N6O3/c30-21(16-8-2-1-3-9-16)26-20(23(32)28-25-14-15-7-6-12-24-13-15)19-17-10-4-5-11-18(17)22(31)29-27-19/h1-14,20H,(H,26,30)(H,28,32)(H,29,31)/b25-14+/t20-/m1/s1. The fourth-order valence-corrected chi connectivity index (χ4v) is 3.11. The summed E-state index contributed by atoms with van der Waals surface area (Å²) in [4.78, 5) is 42.0. The quantitative estimate of drug-likeness (QED) is 0.321. The van der Waals surface area contributed by atoms with E-state index in [0.29, 0.717) is 21.9 Å². The topological polar surface area (TPSA) is 129 Å². The number of aromatic amines is 1. The summed E-state index contributed by atoms with van der Waals surface area (Å²) in [6, 6.07) is 17.5. The third-order valence-electron chi connectivity index (χ3n) is 4.65. The minimum Gasteiger partial charge on any atom is -0.335 e. The van der Waals surface area contributed by atoms with Crippen molar-refractivity contribution in [2.75, 3.05) is 0 Å². The van der Waals surface area contributed by atoms with E-state index >= 15 is 0 Å². The summed E-state index contributed by atoms with van der Waals surface area (Å²) in [5.41, 5.74) is 3.28. The summed E-state index contributed by atoms with van der Waals surface area (Å²) in [7, 11) is 0. The van der Waals surface area contributed by atoms with Gasteiger partial charge in [0, 0.05) is 28.9 Å². The predicted octanol–water partition coefficient (Wildman–Crippen LogP) is 1.94. The Balaban J connectivity index is 1.68. The number of nitrogens with zero attached hydrogens (tertiary/aromatic N) is 3. The van der Waals surface area contributed by atoms with Gasteiger partial charge in [-0.15, -0.1) is 0 Å². The van der Waals surface area contributed by atoms with Gasteiger partial charge in [0.25, 0.3) is 17.4 Å². The predicted molar refractivity (Wildman–Crippen MR) is 119 cm³/mol. The lowest BCUT2D eigenvalue weighted by atomic mass is 10.0. The Bertz CT molecular complexity index is 1340. The van der Waals surface area contributed by atoms with Gasteiger partial charge < -0.3 is 5.32 Å². The molecule has 4 rings (SSSR count). The average molecular weight is 426 g/mol. The normalized spacial score (nSPS) is 11.9. The van der Waals surface area contributed by atoms with E-state index in [2.05, 4.69) is 31.0 Å². The van der Waals surface area contributed by atoms with Gasteiger partial charge in [-0.25, -0.2) is 10.5 Å². The number of hydrogen-bond donors (Lipinski definition) is 3. The van der Waals surface area contributed by atoms with E-state index in [1.54, 1.807) is 79.1 Å². The van der Waals surface area contributed by atoms with Crippen LogP contribution in [0.15, 0.2) is 89.0 Å². The fraction of sp³-hybridized carbons (Fsp3) is 0.0435. The smallest absolute Gasteiger partial charge is 0.272 e. The summed E-state index contributed by atoms with van der Waals surface area (Å²) in [6.07, 6.45) is 4.64. The Morgan fingerprint density at radius 2 is 1.72 bits per heavy atom. The molecule has 0 saturated heterocycles. The van der Waals surface area contributed by atoms with Gasteiger partial charge in [0.05, 0.1) is 11.6 Å². The van der Waals surface area contributed by atoms with Gasteiger partial charge in [0.2, 0.25) is 0 Å². The van der Waals surface area contributed by atoms with Gasteiger partial charge in [0.15, 0.2) is 6.04 Å². The third kappa shape index (κ3) is 4.57. The highest BCUT2D eigenvalue weighted by molar-refractivity contribution is 5.99. The summed E-state index contributed by atoms with van der Waals surface area (Å²) < 4.78 is 0. The molecule has 0 radical (unpaired) electrons. The van der Waals surface area contributed by atoms with Gasteiger partial charge >= 0.3 is 0 Å². The van der Waals surface area contributed by atoms with E-state index in [1.807, 2.05) is 0 Å². The first-order chi connectivity index (χ1) is 15.6. The molecule has 9 nitrogen and oxygen atoms in total. The molecular weight excluding hydrogens is 408 g/mol. The minimum absolute atomic E-state index is 0.193. The zero-order valence-electron chi connectivity index (χ0n) is 16.7. The van der Waals surface area contributed by atoms with Crippen molar-refractivity contribution in [2.45, 2.75) is 6.04 Å². The number of rotatable bonds is 6. The molecule has 0 aliphatic heterocycles. The van der Waals surface area contributed by atoms with Crippen LogP contribution in [0, 0.1) is 0 Å². The molecule has 2 amide bonds. The van der Waals surface area contributed by atoms with Crippen LogP contribution in [0.3, 0.4) is 0 Å². The van der Waals surface area contributed by atoms with E-state index < -0.39 is 23.4 Å². The Morgan fingerprint density at radius 3 is 2.47 bits per heavy atom. The first-order valence-electron chi connectivity index (χ1n) is 9.69. The zero-order valence-corrected chi connectivity index (χ0v) is 16.7. The fourth-order valence-electron chi connectivity index (χ4n) is 3.11. The summed E-state index contributed by atoms with van der Waals surface area (Å²) >= 11 is 0. The highest BCUT2D eigenvalue weighted by atomic mass is 16.2. The molecule has 158 valence electrons. The van der Waals surface area contributed by atoms with Gasteiger partial charge in [-0.05, 0) is 24.3 Å². The molecule has 9 heteroatoms. The molecule has 32 heavy (non-hydrogen) atoms. The van der Waals surface area contributed by atoms with Crippen LogP contribution in [0.2, 0.25) is 0 Å². The van der Waals surface area contributed by atoms with Crippen LogP contribution in [0.5, 0.6) is 0 Å². The number of carbonyl (C=O) groups excluding carboxylic acids is 2. The number of hydrogen-bond acceptors (Lipinski definition) is 6. The molecule has 4 aromatic rings. The maximum atomic E-state index is 13.0. The van der Waals surface area contributed by atoms with Crippen molar-refractivity contribution in [2.24, 2.45) is 5.10 Å². The number of fused-ring (bicyclic) bond motifs is 1. The van der Waals surface area contributed by atoms with Crippen molar-refractivity contribution in [3.63, 3.8) is 0 Å². The number of aromatic nitrogens is 3. The number of carbonyl (C=O) groups is 2. The van der Waals surface area contributed by atoms with Crippen LogP contribution in [0.25, 0.3) is 10.8 Å². The second-order valence-electron chi connectivity index (χ2n) is 6.78. The molecule has 0 aliphatic carbocycles. The Morgan fingerprint density at radius 1 is 0.969 bits per heavy atom. The maximum absolute atomic E-state index is 13.0. The molecule has 0 spiro atoms. The van der Waals surface area contributed by atoms with Crippen molar-refractivity contribution in [1.82, 2.24) is 25.9 Å². The monoisotopic (exact) mass is 426 g/mol. The van der Waals surface area contributed by atoms with Crippen LogP contribution < -0.4 is 16.3 Å². The summed E-state index contributed by atoms with van der Waals surface area (Å²) in [5, 5.41) is 13.9. The average Bonchev–Trinajstić information content (AvgIpc) is 2.84. The third-order valence-corrected chi connectivity index (χ3v) is 4.65. The van der Waals surface area contributed by atoms with Crippen LogP contribution in [0.1, 0.15) is 27.7 Å². The molecule has 0 aliphatic rings. The molecule has 0 saturated carbocycles. The second-order valence-corrected chi connectivity index (χ2v) is 6.78. The van der Waals surface area contributed by atoms with E-state index in [-0.39, 0.29) is 5.69 Å². The maximum Gasteiger partial charge on any atom is 0.272 e. The largest absolute Gasteiger partial charge is 0.335 e. The minimum atomic E-state index is -1.21. The summed E-state index contributed by atoms with van der Waals surface area (Å²) in [6.45, 7) is 0. The van der Waals surface area contributed by atoms with Crippen LogP contribution >= 0.6 is 0 Å². The van der Waals surface area contributed by atoms with Gasteiger partial charge in [-0.2, -0.15) is 10.2 Å². The number of pyridine rings is 1. The molecule has 2 aromatic carbocycles. The number of hydrazone groups is 1. The Hall–Kier alpha value is -4.66. The molecule has 3 N–H and O–H groups in total. The lowest BCUT2D eigenvalue weighted by Gasteiger charge is -2.18. The number of H-pyrrole nitrogens is 1. The second kappa shape index (κ2) is 9.43. The van der Waals surface area contributed by atoms with Crippen molar-refractivity contribution >= 4 is 28.8 Å². The first kappa shape index (κ1) is 20.6. The zero-order chi connectivity index (χ0) is 22.3. The van der Waals surface area contributed by atoms with Crippen molar-refractivity contribution in [1.29, 1.82) is 0 Å². The lowest BCUT2D eigenvalue weighted by molar-refractivity contribution is -0.123. The van der Waals surface area contributed by atoms with Crippen LogP contribution in [0.4, 0.5) is 0 Å². The lowest BCUT2D eigenvalue weighted by Crippen LogP contribution is -2.40. The van der Waals surface area contributed by atoms with E-state index in [1.165, 1.54) is 6.21 Å². The van der Waals surface area contributed by atoms with Gasteiger partial charge in [-0.1, -0.05) is 42.5 Å². The molecule has 1 atom stereocenters. The molecular formula is C23H18N6O3. The van der Waals surface area contributed by atoms with Gasteiger partial charge in [0.1, 0.15) is 5.69 Å². The Labute approximate surface area is 182 Å². The summed E-state index contributed by atoms with van der Waals surface area (Å²) in [5.74, 6) is -1.10. The Kier molecular flexibility index (Phi) is 6.08. The van der Waals surface area contributed by atoms with Crippen LogP contribution in [-0.4, -0.2) is 33.2 Å². The van der Waals surface area contributed by atoms with Crippen molar-refractivity contribution in [3.8, 4) is 0 Å². The molecule has 0 bridgehead atoms. The van der Waals surface area contributed by atoms with E-state index in [0.717, 1.165) is 0 Å². The SMILES string of the molecule is O=C(N[C@@H](C(=O)N/N=C/c1cccnc1)c1n[nH]c(=O)c2ccccc12)c1ccccc1. The molecule has 2 heterocycles. The molecule has 0 fully saturated rings. The highest BCUT2D eigenvalue weighted by Crippen LogP contribution is 2.20. The highest BCUT2D eigenvalue weighted by Gasteiger charge is 2.27. The number of nitrogens with one attached hydrogen (secondary N) is 3. The van der Waals surface area contributed by atoms with Crippen LogP contribution in [-0.2, 0) is 4.79 Å². The van der Waals surface area contributed by atoms with Crippen molar-refractivity contribution < 1.29 is 9.59 Å². The van der Waals surface area contributed by atoms with E-state index in [4.69, 9.17) is 0 Å². The van der Waals surface area contributed by atoms with Crippen molar-refractivity contribution in [3.05, 3.63) is 106 Å². The molecule has 2 aromatic heterocycles. The number of amides is 2. The van der Waals surface area contributed by atoms with Gasteiger partial charge in [-0.3, -0.25) is 19.4 Å². The first-order valence-corrected chi connectivity index (χ1v) is 9.69. The number of benzene rings is 2. The van der Waals surface area contributed by atoms with E-state index in [9.17, 15) is 14.4 Å². The molecule has 0 unspecified atom stereocenters.